The van der Waals surface area contributed by atoms with Gasteiger partial charge in [0.25, 0.3) is 0 Å². The second-order valence-corrected chi connectivity index (χ2v) is 11.9. The van der Waals surface area contributed by atoms with E-state index in [1.54, 1.807) is 31.7 Å². The van der Waals surface area contributed by atoms with Crippen LogP contribution in [0.4, 0.5) is 17.1 Å². The van der Waals surface area contributed by atoms with Crippen molar-refractivity contribution >= 4 is 57.6 Å². The molecule has 12 heteroatoms. The van der Waals surface area contributed by atoms with E-state index in [1.807, 2.05) is 29.0 Å². The van der Waals surface area contributed by atoms with Gasteiger partial charge in [-0.3, -0.25) is 0 Å². The average molecular weight is 654 g/mol. The van der Waals surface area contributed by atoms with Crippen molar-refractivity contribution < 1.29 is 14.2 Å². The molecule has 0 aliphatic carbocycles. The van der Waals surface area contributed by atoms with E-state index >= 15 is 0 Å². The molecule has 44 heavy (non-hydrogen) atoms. The van der Waals surface area contributed by atoms with Gasteiger partial charge in [0.1, 0.15) is 18.5 Å². The van der Waals surface area contributed by atoms with Gasteiger partial charge in [-0.05, 0) is 72.9 Å². The largest absolute Gasteiger partial charge is 0.491 e. The normalized spacial score (nSPS) is 20.0. The molecule has 3 aromatic carbocycles. The van der Waals surface area contributed by atoms with E-state index in [1.165, 1.54) is 11.4 Å². The van der Waals surface area contributed by atoms with Crippen LogP contribution in [0.2, 0.25) is 10.0 Å². The Labute approximate surface area is 272 Å². The summed E-state index contributed by atoms with van der Waals surface area (Å²) >= 11 is 17.9. The van der Waals surface area contributed by atoms with Crippen LogP contribution in [0.15, 0.2) is 85.5 Å². The Morgan fingerprint density at radius 1 is 1.00 bits per heavy atom. The first-order chi connectivity index (χ1) is 21.4. The molecule has 9 nitrogen and oxygen atoms in total. The van der Waals surface area contributed by atoms with Crippen molar-refractivity contribution in [2.45, 2.75) is 18.4 Å². The number of ether oxygens (including phenoxy) is 3. The van der Waals surface area contributed by atoms with E-state index in [9.17, 15) is 0 Å². The van der Waals surface area contributed by atoms with E-state index in [0.717, 1.165) is 37.6 Å². The molecule has 2 fully saturated rings. The van der Waals surface area contributed by atoms with Gasteiger partial charge in [0.05, 0.1) is 24.5 Å². The highest BCUT2D eigenvalue weighted by molar-refractivity contribution is 7.80. The molecule has 0 saturated carbocycles. The highest BCUT2D eigenvalue weighted by Crippen LogP contribution is 2.40. The summed E-state index contributed by atoms with van der Waals surface area (Å²) in [6, 6.07) is 21.9. The van der Waals surface area contributed by atoms with Crippen LogP contribution >= 0.6 is 35.4 Å². The van der Waals surface area contributed by atoms with Gasteiger partial charge >= 0.3 is 0 Å². The number of thiocarbonyl (C=S) groups is 1. The maximum absolute atomic E-state index is 6.59. The van der Waals surface area contributed by atoms with E-state index in [0.29, 0.717) is 40.5 Å². The Bertz CT molecular complexity index is 1550. The van der Waals surface area contributed by atoms with Crippen molar-refractivity contribution in [2.75, 3.05) is 61.6 Å². The Morgan fingerprint density at radius 2 is 1.68 bits per heavy atom. The molecule has 2 aliphatic heterocycles. The van der Waals surface area contributed by atoms with Crippen LogP contribution in [-0.2, 0) is 21.8 Å². The first-order valence-corrected chi connectivity index (χ1v) is 15.6. The fourth-order valence-electron chi connectivity index (χ4n) is 5.49. The van der Waals surface area contributed by atoms with Gasteiger partial charge in [-0.15, -0.1) is 0 Å². The molecular weight excluding hydrogens is 619 g/mol. The van der Waals surface area contributed by atoms with Crippen LogP contribution in [0.25, 0.3) is 0 Å². The number of piperazine rings is 1. The number of hydrogen-bond acceptors (Lipinski definition) is 7. The number of anilines is 3. The first kappa shape index (κ1) is 30.5. The number of nitrogens with zero attached hydrogens (tertiary/aromatic N) is 4. The Balaban J connectivity index is 1.02. The third kappa shape index (κ3) is 7.06. The van der Waals surface area contributed by atoms with Crippen molar-refractivity contribution in [1.82, 2.24) is 14.9 Å². The van der Waals surface area contributed by atoms with E-state index in [4.69, 9.17) is 49.6 Å². The van der Waals surface area contributed by atoms with Gasteiger partial charge in [-0.1, -0.05) is 29.3 Å². The lowest BCUT2D eigenvalue weighted by molar-refractivity contribution is -0.189. The summed E-state index contributed by atoms with van der Waals surface area (Å²) in [5.41, 5.74) is 4.07. The lowest BCUT2D eigenvalue weighted by Gasteiger charge is -2.37. The third-order valence-electron chi connectivity index (χ3n) is 7.79. The summed E-state index contributed by atoms with van der Waals surface area (Å²) in [6.45, 7) is 4.84. The number of nitrogens with one attached hydrogen (secondary N) is 2. The molecule has 0 spiro atoms. The van der Waals surface area contributed by atoms with E-state index in [2.05, 4.69) is 61.8 Å². The maximum Gasteiger partial charge on any atom is 0.215 e. The van der Waals surface area contributed by atoms with Gasteiger partial charge in [0, 0.05) is 73.3 Å². The zero-order valence-electron chi connectivity index (χ0n) is 24.3. The van der Waals surface area contributed by atoms with Crippen LogP contribution in [0.1, 0.15) is 5.56 Å². The van der Waals surface area contributed by atoms with Crippen LogP contribution in [0.5, 0.6) is 5.75 Å². The molecule has 2 aliphatic rings. The minimum atomic E-state index is -1.08. The molecule has 1 aromatic heterocycles. The predicted molar refractivity (Wildman–Crippen MR) is 179 cm³/mol. The smallest absolute Gasteiger partial charge is 0.215 e. The van der Waals surface area contributed by atoms with Crippen molar-refractivity contribution in [3.05, 3.63) is 101 Å². The quantitative estimate of drug-likeness (QED) is 0.219. The molecule has 6 rings (SSSR count). The topological polar surface area (TPSA) is 76.0 Å². The highest BCUT2D eigenvalue weighted by Gasteiger charge is 2.45. The SMILES string of the molecule is CNC(=S)Nc1ccc(N2CCN(c3ccc(OC[C@@H]4CO[C@@](Cn5ccnc5)(c5ccc(Cl)cc5Cl)O4)cc3)CC2)cc1. The fraction of sp³-hybridized carbons (Fsp3) is 0.312. The molecule has 2 N–H and O–H groups in total. The Kier molecular flexibility index (Phi) is 9.44. The van der Waals surface area contributed by atoms with Crippen molar-refractivity contribution in [1.29, 1.82) is 0 Å². The Morgan fingerprint density at radius 3 is 2.30 bits per heavy atom. The molecule has 2 saturated heterocycles. The second-order valence-electron chi connectivity index (χ2n) is 10.7. The van der Waals surface area contributed by atoms with Gasteiger partial charge in [0.15, 0.2) is 5.11 Å². The summed E-state index contributed by atoms with van der Waals surface area (Å²) in [5.74, 6) is -0.305. The van der Waals surface area contributed by atoms with Gasteiger partial charge in [0.2, 0.25) is 5.79 Å². The molecule has 3 heterocycles. The lowest BCUT2D eigenvalue weighted by atomic mass is 10.1. The lowest BCUT2D eigenvalue weighted by Crippen LogP contribution is -2.46. The van der Waals surface area contributed by atoms with Crippen molar-refractivity contribution in [2.24, 2.45) is 0 Å². The standard InChI is InChI=1S/C32H34Cl2N6O3S/c1-35-31(44)37-24-3-5-25(6-4-24)39-14-16-40(17-15-39)26-7-9-27(10-8-26)41-19-28-20-42-32(43-28,21-38-13-12-36-22-38)29-11-2-23(33)18-30(29)34/h2-13,18,22,28H,14-17,19-21H2,1H3,(H2,35,37,44)/t28-,32-/m1/s1. The second kappa shape index (κ2) is 13.6. The zero-order chi connectivity index (χ0) is 30.5. The number of aromatic nitrogens is 2. The summed E-state index contributed by atoms with van der Waals surface area (Å²) in [5, 5.41) is 7.72. The predicted octanol–water partition coefficient (Wildman–Crippen LogP) is 5.78. The Hall–Kier alpha value is -3.54. The van der Waals surface area contributed by atoms with Crippen LogP contribution in [0, 0.1) is 0 Å². The van der Waals surface area contributed by atoms with Crippen LogP contribution < -0.4 is 25.2 Å². The van der Waals surface area contributed by atoms with Gasteiger partial charge in [-0.25, -0.2) is 4.98 Å². The average Bonchev–Trinajstić information content (AvgIpc) is 3.71. The summed E-state index contributed by atoms with van der Waals surface area (Å²) in [7, 11) is 1.81. The third-order valence-corrected chi connectivity index (χ3v) is 8.64. The minimum absolute atomic E-state index is 0.289. The molecule has 2 atom stereocenters. The van der Waals surface area contributed by atoms with Crippen LogP contribution in [0.3, 0.4) is 0 Å². The van der Waals surface area contributed by atoms with Crippen molar-refractivity contribution in [3.63, 3.8) is 0 Å². The number of halogens is 2. The van der Waals surface area contributed by atoms with Gasteiger partial charge < -0.3 is 39.2 Å². The molecule has 0 amide bonds. The monoisotopic (exact) mass is 652 g/mol. The maximum atomic E-state index is 6.59. The van der Waals surface area contributed by atoms with Gasteiger partial charge in [-0.2, -0.15) is 0 Å². The van der Waals surface area contributed by atoms with Crippen molar-refractivity contribution in [3.8, 4) is 5.75 Å². The van der Waals surface area contributed by atoms with E-state index < -0.39 is 5.79 Å². The number of rotatable bonds is 9. The summed E-state index contributed by atoms with van der Waals surface area (Å²) < 4.78 is 20.8. The zero-order valence-corrected chi connectivity index (χ0v) is 26.6. The molecule has 0 unspecified atom stereocenters. The number of hydrogen-bond donors (Lipinski definition) is 2. The number of imidazole rings is 1. The van der Waals surface area contributed by atoms with E-state index in [-0.39, 0.29) is 6.10 Å². The molecule has 4 aromatic rings. The molecule has 0 bridgehead atoms. The fourth-order valence-corrected chi connectivity index (χ4v) is 6.16. The highest BCUT2D eigenvalue weighted by atomic mass is 35.5. The minimum Gasteiger partial charge on any atom is -0.491 e. The molecular formula is C32H34Cl2N6O3S. The summed E-state index contributed by atoms with van der Waals surface area (Å²) in [6.07, 6.45) is 5.02. The number of benzene rings is 3. The summed E-state index contributed by atoms with van der Waals surface area (Å²) in [4.78, 5) is 8.96. The first-order valence-electron chi connectivity index (χ1n) is 14.5. The molecule has 0 radical (unpaired) electrons. The van der Waals surface area contributed by atoms with Crippen LogP contribution in [-0.4, -0.2) is 67.2 Å². The molecule has 230 valence electrons.